The van der Waals surface area contributed by atoms with Crippen molar-refractivity contribution in [2.75, 3.05) is 39.3 Å². The Labute approximate surface area is 131 Å². The summed E-state index contributed by atoms with van der Waals surface area (Å²) in [7, 11) is 0. The van der Waals surface area contributed by atoms with Crippen molar-refractivity contribution in [3.63, 3.8) is 0 Å². The Morgan fingerprint density at radius 3 is 2.95 bits per heavy atom. The minimum atomic E-state index is -0.137. The molecule has 1 aromatic rings. The molecule has 0 aliphatic carbocycles. The van der Waals surface area contributed by atoms with Gasteiger partial charge in [0.1, 0.15) is 11.9 Å². The van der Waals surface area contributed by atoms with Crippen LogP contribution in [-0.2, 0) is 16.0 Å². The number of rotatable bonds is 5. The topological polar surface area (TPSA) is 74.3 Å². The van der Waals surface area contributed by atoms with Gasteiger partial charge in [-0.1, -0.05) is 6.92 Å². The van der Waals surface area contributed by atoms with E-state index >= 15 is 0 Å². The van der Waals surface area contributed by atoms with Crippen LogP contribution in [-0.4, -0.2) is 70.2 Å². The van der Waals surface area contributed by atoms with Crippen molar-refractivity contribution >= 4 is 5.91 Å². The predicted molar refractivity (Wildman–Crippen MR) is 81.3 cm³/mol. The summed E-state index contributed by atoms with van der Waals surface area (Å²) in [5.41, 5.74) is 0. The second kappa shape index (κ2) is 7.19. The van der Waals surface area contributed by atoms with E-state index in [0.29, 0.717) is 25.5 Å². The Bertz CT molecular complexity index is 498. The van der Waals surface area contributed by atoms with E-state index in [4.69, 9.17) is 4.74 Å². The van der Waals surface area contributed by atoms with Gasteiger partial charge in [0.05, 0.1) is 13.2 Å². The van der Waals surface area contributed by atoms with Crippen molar-refractivity contribution < 1.29 is 9.53 Å². The van der Waals surface area contributed by atoms with E-state index in [0.717, 1.165) is 51.1 Å². The molecule has 3 rings (SSSR count). The van der Waals surface area contributed by atoms with Gasteiger partial charge >= 0.3 is 0 Å². The summed E-state index contributed by atoms with van der Waals surface area (Å²) in [6.45, 7) is 6.51. The molecule has 1 atom stereocenters. The first-order chi connectivity index (χ1) is 10.8. The maximum absolute atomic E-state index is 12.3. The molecule has 22 heavy (non-hydrogen) atoms. The fourth-order valence-corrected chi connectivity index (χ4v) is 3.06. The lowest BCUT2D eigenvalue weighted by molar-refractivity contribution is -0.133. The molecule has 1 N–H and O–H groups in total. The van der Waals surface area contributed by atoms with E-state index in [9.17, 15) is 4.79 Å². The molecule has 0 saturated carbocycles. The third-order valence-electron chi connectivity index (χ3n) is 4.29. The molecule has 0 bridgehead atoms. The van der Waals surface area contributed by atoms with Gasteiger partial charge in [0.15, 0.2) is 5.82 Å². The summed E-state index contributed by atoms with van der Waals surface area (Å²) in [6, 6.07) is 0. The van der Waals surface area contributed by atoms with Gasteiger partial charge < -0.3 is 9.64 Å². The number of hydrogen-bond donors (Lipinski definition) is 1. The average Bonchev–Trinajstić information content (AvgIpc) is 3.19. The fraction of sp³-hybridized carbons (Fsp3) is 0.800. The van der Waals surface area contributed by atoms with E-state index < -0.39 is 0 Å². The zero-order valence-electron chi connectivity index (χ0n) is 13.3. The van der Waals surface area contributed by atoms with Crippen molar-refractivity contribution in [3.05, 3.63) is 11.6 Å². The third kappa shape index (κ3) is 3.64. The van der Waals surface area contributed by atoms with Gasteiger partial charge in [-0.25, -0.2) is 4.98 Å². The summed E-state index contributed by atoms with van der Waals surface area (Å²) < 4.78 is 5.78. The number of carbonyl (C=O) groups excluding carboxylic acids is 1. The van der Waals surface area contributed by atoms with Crippen molar-refractivity contribution in [1.82, 2.24) is 25.0 Å². The highest BCUT2D eigenvalue weighted by atomic mass is 16.5. The highest BCUT2D eigenvalue weighted by Crippen LogP contribution is 2.19. The maximum Gasteiger partial charge on any atom is 0.236 e. The number of nitrogens with zero attached hydrogens (tertiary/aromatic N) is 4. The predicted octanol–water partition coefficient (Wildman–Crippen LogP) is 0.753. The summed E-state index contributed by atoms with van der Waals surface area (Å²) in [4.78, 5) is 20.9. The molecule has 3 heterocycles. The molecule has 2 fully saturated rings. The van der Waals surface area contributed by atoms with E-state index in [1.807, 2.05) is 4.90 Å². The minimum Gasteiger partial charge on any atom is -0.367 e. The fourth-order valence-electron chi connectivity index (χ4n) is 3.06. The molecule has 0 spiro atoms. The number of aryl methyl sites for hydroxylation is 1. The minimum absolute atomic E-state index is 0.137. The molecule has 0 aromatic carbocycles. The number of aromatic nitrogens is 3. The van der Waals surface area contributed by atoms with Crippen LogP contribution in [0.5, 0.6) is 0 Å². The molecular weight excluding hydrogens is 282 g/mol. The molecule has 2 aliphatic heterocycles. The smallest absolute Gasteiger partial charge is 0.236 e. The quantitative estimate of drug-likeness (QED) is 0.869. The molecule has 1 aromatic heterocycles. The Hall–Kier alpha value is -1.47. The molecule has 0 unspecified atom stereocenters. The van der Waals surface area contributed by atoms with Crippen LogP contribution in [0.1, 0.15) is 43.9 Å². The van der Waals surface area contributed by atoms with Gasteiger partial charge in [-0.3, -0.25) is 14.8 Å². The lowest BCUT2D eigenvalue weighted by Crippen LogP contribution is -2.45. The molecule has 2 aliphatic rings. The zero-order valence-corrected chi connectivity index (χ0v) is 13.3. The lowest BCUT2D eigenvalue weighted by Gasteiger charge is -2.32. The number of ether oxygens (including phenoxy) is 1. The Morgan fingerprint density at radius 2 is 2.18 bits per heavy atom. The van der Waals surface area contributed by atoms with Crippen LogP contribution >= 0.6 is 0 Å². The van der Waals surface area contributed by atoms with Crippen LogP contribution < -0.4 is 0 Å². The van der Waals surface area contributed by atoms with Crippen LogP contribution in [0.25, 0.3) is 0 Å². The van der Waals surface area contributed by atoms with E-state index in [1.165, 1.54) is 0 Å². The average molecular weight is 307 g/mol. The number of H-pyrrole nitrogens is 1. The molecule has 0 radical (unpaired) electrons. The van der Waals surface area contributed by atoms with Gasteiger partial charge in [0.25, 0.3) is 0 Å². The number of nitrogens with one attached hydrogen (secondary N) is 1. The number of morpholine rings is 1. The number of hydrogen-bond acceptors (Lipinski definition) is 5. The van der Waals surface area contributed by atoms with Gasteiger partial charge in [-0.2, -0.15) is 5.10 Å². The first-order valence-electron chi connectivity index (χ1n) is 8.29. The highest BCUT2D eigenvalue weighted by Gasteiger charge is 2.28. The van der Waals surface area contributed by atoms with Crippen molar-refractivity contribution in [2.24, 2.45) is 0 Å². The van der Waals surface area contributed by atoms with Gasteiger partial charge in [-0.15, -0.1) is 0 Å². The first kappa shape index (κ1) is 15.4. The van der Waals surface area contributed by atoms with E-state index in [-0.39, 0.29) is 12.0 Å². The van der Waals surface area contributed by atoms with Crippen LogP contribution in [0.15, 0.2) is 0 Å². The molecule has 1 amide bonds. The molecule has 7 heteroatoms. The SMILES string of the molecule is CCCc1nc([C@@H]2CN(CC(=O)N3CCCC3)CCO2)n[nH]1. The highest BCUT2D eigenvalue weighted by molar-refractivity contribution is 5.78. The molecule has 122 valence electrons. The van der Waals surface area contributed by atoms with Crippen LogP contribution in [0.3, 0.4) is 0 Å². The summed E-state index contributed by atoms with van der Waals surface area (Å²) >= 11 is 0. The molecule has 2 saturated heterocycles. The number of aromatic amines is 1. The van der Waals surface area contributed by atoms with Crippen LogP contribution in [0, 0.1) is 0 Å². The first-order valence-corrected chi connectivity index (χ1v) is 8.29. The number of likely N-dealkylation sites (tertiary alicyclic amines) is 1. The van der Waals surface area contributed by atoms with E-state index in [2.05, 4.69) is 27.0 Å². The largest absolute Gasteiger partial charge is 0.367 e. The normalized spacial score (nSPS) is 23.1. The van der Waals surface area contributed by atoms with Gasteiger partial charge in [0, 0.05) is 32.6 Å². The van der Waals surface area contributed by atoms with Gasteiger partial charge in [0.2, 0.25) is 5.91 Å². The monoisotopic (exact) mass is 307 g/mol. The Morgan fingerprint density at radius 1 is 1.36 bits per heavy atom. The van der Waals surface area contributed by atoms with Gasteiger partial charge in [-0.05, 0) is 19.3 Å². The van der Waals surface area contributed by atoms with Crippen molar-refractivity contribution in [2.45, 2.75) is 38.7 Å². The molecular formula is C15H25N5O2. The summed E-state index contributed by atoms with van der Waals surface area (Å²) in [5, 5.41) is 7.24. The van der Waals surface area contributed by atoms with Crippen LogP contribution in [0.4, 0.5) is 0 Å². The number of carbonyl (C=O) groups is 1. The van der Waals surface area contributed by atoms with Crippen molar-refractivity contribution in [3.8, 4) is 0 Å². The second-order valence-corrected chi connectivity index (χ2v) is 6.07. The lowest BCUT2D eigenvalue weighted by atomic mass is 10.2. The Balaban J connectivity index is 1.55. The second-order valence-electron chi connectivity index (χ2n) is 6.07. The zero-order chi connectivity index (χ0) is 15.4. The number of amides is 1. The van der Waals surface area contributed by atoms with Crippen LogP contribution in [0.2, 0.25) is 0 Å². The Kier molecular flexibility index (Phi) is 5.04. The van der Waals surface area contributed by atoms with E-state index in [1.54, 1.807) is 0 Å². The summed E-state index contributed by atoms with van der Waals surface area (Å²) in [6.07, 6.45) is 4.07. The summed E-state index contributed by atoms with van der Waals surface area (Å²) in [5.74, 6) is 1.85. The standard InChI is InChI=1S/C15H25N5O2/c1-2-5-13-16-15(18-17-13)12-10-19(8-9-22-12)11-14(21)20-6-3-4-7-20/h12H,2-11H2,1H3,(H,16,17,18)/t12-/m0/s1. The van der Waals surface area contributed by atoms with Crippen molar-refractivity contribution in [1.29, 1.82) is 0 Å². The maximum atomic E-state index is 12.3. The third-order valence-corrected chi connectivity index (χ3v) is 4.29. The molecule has 7 nitrogen and oxygen atoms in total.